The van der Waals surface area contributed by atoms with Crippen LogP contribution in [0.1, 0.15) is 45.2 Å². The van der Waals surface area contributed by atoms with Crippen LogP contribution >= 0.6 is 0 Å². The summed E-state index contributed by atoms with van der Waals surface area (Å²) in [7, 11) is 0. The maximum absolute atomic E-state index is 5.81. The summed E-state index contributed by atoms with van der Waals surface area (Å²) in [5, 5.41) is 3.76. The van der Waals surface area contributed by atoms with Crippen molar-refractivity contribution in [2.75, 3.05) is 11.9 Å². The van der Waals surface area contributed by atoms with Crippen molar-refractivity contribution in [3.05, 3.63) is 29.3 Å². The molecule has 1 saturated carbocycles. The summed E-state index contributed by atoms with van der Waals surface area (Å²) < 4.78 is 5.81. The third-order valence-corrected chi connectivity index (χ3v) is 4.60. The molecule has 1 aromatic carbocycles. The number of ether oxygens (including phenoxy) is 1. The smallest absolute Gasteiger partial charge is 0.0665 e. The topological polar surface area (TPSA) is 21.3 Å². The third-order valence-electron chi connectivity index (χ3n) is 4.60. The molecule has 0 aromatic heterocycles. The van der Waals surface area contributed by atoms with E-state index in [1.165, 1.54) is 16.8 Å². The van der Waals surface area contributed by atoms with Gasteiger partial charge in [0.2, 0.25) is 0 Å². The molecule has 2 nitrogen and oxygen atoms in total. The molecule has 106 valence electrons. The molecule has 0 radical (unpaired) electrons. The van der Waals surface area contributed by atoms with E-state index >= 15 is 0 Å². The summed E-state index contributed by atoms with van der Waals surface area (Å²) >= 11 is 0. The van der Waals surface area contributed by atoms with Crippen LogP contribution in [-0.2, 0) is 11.2 Å². The van der Waals surface area contributed by atoms with Gasteiger partial charge in [-0.1, -0.05) is 39.0 Å². The lowest BCUT2D eigenvalue weighted by atomic mass is 9.64. The van der Waals surface area contributed by atoms with Crippen molar-refractivity contribution >= 4 is 5.69 Å². The highest BCUT2D eigenvalue weighted by atomic mass is 16.5. The molecule has 0 bridgehead atoms. The van der Waals surface area contributed by atoms with Gasteiger partial charge in [-0.05, 0) is 37.8 Å². The van der Waals surface area contributed by atoms with Crippen LogP contribution in [0.15, 0.2) is 18.2 Å². The lowest BCUT2D eigenvalue weighted by Crippen LogP contribution is -2.58. The van der Waals surface area contributed by atoms with Crippen LogP contribution in [0.2, 0.25) is 0 Å². The molecule has 1 aliphatic carbocycles. The van der Waals surface area contributed by atoms with Gasteiger partial charge >= 0.3 is 0 Å². The van der Waals surface area contributed by atoms with Crippen molar-refractivity contribution in [3.63, 3.8) is 0 Å². The first-order valence-electron chi connectivity index (χ1n) is 7.47. The Morgan fingerprint density at radius 2 is 2.05 bits per heavy atom. The van der Waals surface area contributed by atoms with E-state index in [2.05, 4.69) is 58.1 Å². The predicted molar refractivity (Wildman–Crippen MR) is 81.8 cm³/mol. The standard InChI is InChI=1S/C17H27NO/c1-6-13-10-8-9-12(3)16(13)18-14-11-15(19-7-2)17(14,4)5/h8-10,14-15,18H,6-7,11H2,1-5H3. The van der Waals surface area contributed by atoms with E-state index in [1.54, 1.807) is 0 Å². The zero-order valence-electron chi connectivity index (χ0n) is 12.9. The first kappa shape index (κ1) is 14.4. The highest BCUT2D eigenvalue weighted by Crippen LogP contribution is 2.45. The average Bonchev–Trinajstić information content (AvgIpc) is 2.39. The molecule has 0 amide bonds. The molecule has 0 heterocycles. The van der Waals surface area contributed by atoms with Crippen LogP contribution in [0.5, 0.6) is 0 Å². The van der Waals surface area contributed by atoms with Crippen LogP contribution in [0.4, 0.5) is 5.69 Å². The Labute approximate surface area is 117 Å². The van der Waals surface area contributed by atoms with E-state index in [1.807, 2.05) is 0 Å². The fourth-order valence-electron chi connectivity index (χ4n) is 3.02. The monoisotopic (exact) mass is 261 g/mol. The van der Waals surface area contributed by atoms with Crippen LogP contribution in [0.25, 0.3) is 0 Å². The average molecular weight is 261 g/mol. The fourth-order valence-corrected chi connectivity index (χ4v) is 3.02. The number of aryl methyl sites for hydroxylation is 2. The highest BCUT2D eigenvalue weighted by molar-refractivity contribution is 5.58. The zero-order valence-corrected chi connectivity index (χ0v) is 12.9. The summed E-state index contributed by atoms with van der Waals surface area (Å²) in [5.41, 5.74) is 4.30. The van der Waals surface area contributed by atoms with Crippen molar-refractivity contribution in [2.24, 2.45) is 5.41 Å². The van der Waals surface area contributed by atoms with Gasteiger partial charge in [-0.3, -0.25) is 0 Å². The van der Waals surface area contributed by atoms with E-state index < -0.39 is 0 Å². The van der Waals surface area contributed by atoms with E-state index in [4.69, 9.17) is 4.74 Å². The molecule has 1 aromatic rings. The zero-order chi connectivity index (χ0) is 14.0. The lowest BCUT2D eigenvalue weighted by molar-refractivity contribution is -0.0976. The molecule has 19 heavy (non-hydrogen) atoms. The molecule has 2 heteroatoms. The number of para-hydroxylation sites is 1. The molecule has 1 fully saturated rings. The van der Waals surface area contributed by atoms with Crippen molar-refractivity contribution in [3.8, 4) is 0 Å². The second-order valence-electron chi connectivity index (χ2n) is 6.16. The number of nitrogens with one attached hydrogen (secondary N) is 1. The molecule has 2 atom stereocenters. The Hall–Kier alpha value is -1.02. The van der Waals surface area contributed by atoms with Crippen molar-refractivity contribution in [1.29, 1.82) is 0 Å². The van der Waals surface area contributed by atoms with Gasteiger partial charge in [0, 0.05) is 23.8 Å². The normalized spacial score (nSPS) is 24.9. The van der Waals surface area contributed by atoms with Gasteiger partial charge in [0.1, 0.15) is 0 Å². The Bertz CT molecular complexity index is 439. The predicted octanol–water partition coefficient (Wildman–Crippen LogP) is 4.17. The quantitative estimate of drug-likeness (QED) is 0.859. The molecule has 2 unspecified atom stereocenters. The van der Waals surface area contributed by atoms with Crippen molar-refractivity contribution in [2.45, 2.75) is 59.6 Å². The minimum absolute atomic E-state index is 0.212. The molecule has 0 saturated heterocycles. The van der Waals surface area contributed by atoms with E-state index in [0.29, 0.717) is 12.1 Å². The summed E-state index contributed by atoms with van der Waals surface area (Å²) in [6.45, 7) is 11.9. The third kappa shape index (κ3) is 2.64. The second-order valence-corrected chi connectivity index (χ2v) is 6.16. The van der Waals surface area contributed by atoms with Gasteiger partial charge in [-0.2, -0.15) is 0 Å². The number of anilines is 1. The Morgan fingerprint density at radius 1 is 1.32 bits per heavy atom. The van der Waals surface area contributed by atoms with Gasteiger partial charge in [-0.15, -0.1) is 0 Å². The molecule has 1 aliphatic rings. The first-order valence-corrected chi connectivity index (χ1v) is 7.47. The number of rotatable bonds is 5. The molecule has 1 N–H and O–H groups in total. The maximum atomic E-state index is 5.81. The molecular formula is C17H27NO. The minimum Gasteiger partial charge on any atom is -0.381 e. The van der Waals surface area contributed by atoms with Gasteiger partial charge in [-0.25, -0.2) is 0 Å². The van der Waals surface area contributed by atoms with Crippen LogP contribution in [0, 0.1) is 12.3 Å². The van der Waals surface area contributed by atoms with E-state index in [0.717, 1.165) is 19.4 Å². The summed E-state index contributed by atoms with van der Waals surface area (Å²) in [6.07, 6.45) is 2.58. The second kappa shape index (κ2) is 5.54. The molecule has 2 rings (SSSR count). The fraction of sp³-hybridized carbons (Fsp3) is 0.647. The number of benzene rings is 1. The summed E-state index contributed by atoms with van der Waals surface area (Å²) in [5.74, 6) is 0. The van der Waals surface area contributed by atoms with Gasteiger partial charge in [0.25, 0.3) is 0 Å². The lowest BCUT2D eigenvalue weighted by Gasteiger charge is -2.52. The minimum atomic E-state index is 0.212. The van der Waals surface area contributed by atoms with Gasteiger partial charge in [0.15, 0.2) is 0 Å². The van der Waals surface area contributed by atoms with E-state index in [-0.39, 0.29) is 5.41 Å². The summed E-state index contributed by atoms with van der Waals surface area (Å²) in [4.78, 5) is 0. The van der Waals surface area contributed by atoms with Gasteiger partial charge < -0.3 is 10.1 Å². The SMILES string of the molecule is CCOC1CC(Nc2c(C)cccc2CC)C1(C)C. The summed E-state index contributed by atoms with van der Waals surface area (Å²) in [6, 6.07) is 7.07. The first-order chi connectivity index (χ1) is 9.00. The molecule has 0 aliphatic heterocycles. The number of hydrogen-bond acceptors (Lipinski definition) is 2. The van der Waals surface area contributed by atoms with Crippen LogP contribution < -0.4 is 5.32 Å². The van der Waals surface area contributed by atoms with Crippen LogP contribution in [0.3, 0.4) is 0 Å². The van der Waals surface area contributed by atoms with E-state index in [9.17, 15) is 0 Å². The molecule has 0 spiro atoms. The highest BCUT2D eigenvalue weighted by Gasteiger charge is 2.49. The largest absolute Gasteiger partial charge is 0.381 e. The van der Waals surface area contributed by atoms with Crippen molar-refractivity contribution < 1.29 is 4.74 Å². The Morgan fingerprint density at radius 3 is 2.63 bits per heavy atom. The Balaban J connectivity index is 2.11. The van der Waals surface area contributed by atoms with Crippen molar-refractivity contribution in [1.82, 2.24) is 0 Å². The maximum Gasteiger partial charge on any atom is 0.0665 e. The Kier molecular flexibility index (Phi) is 4.19. The molecular weight excluding hydrogens is 234 g/mol. The van der Waals surface area contributed by atoms with Gasteiger partial charge in [0.05, 0.1) is 6.10 Å². The number of hydrogen-bond donors (Lipinski definition) is 1. The van der Waals surface area contributed by atoms with Crippen LogP contribution in [-0.4, -0.2) is 18.8 Å².